The molecule has 0 aliphatic rings. The highest BCUT2D eigenvalue weighted by Crippen LogP contribution is 2.45. The van der Waals surface area contributed by atoms with Crippen molar-refractivity contribution in [2.24, 2.45) is 17.8 Å². The summed E-state index contributed by atoms with van der Waals surface area (Å²) in [4.78, 5) is 73.2. The number of carbonyl (C=O) groups excluding carboxylic acids is 4. The van der Waals surface area contributed by atoms with Gasteiger partial charge in [0.25, 0.3) is 0 Å². The maximum atomic E-state index is 13.2. The molecule has 0 heterocycles. The van der Waals surface area contributed by atoms with Crippen molar-refractivity contribution in [3.63, 3.8) is 0 Å². The van der Waals surface area contributed by atoms with E-state index in [1.165, 1.54) is 263 Å². The summed E-state index contributed by atoms with van der Waals surface area (Å²) >= 11 is 0. The number of rotatable bonds is 85. The zero-order valence-electron chi connectivity index (χ0n) is 69.9. The molecule has 2 unspecified atom stereocenters. The second-order valence-electron chi connectivity index (χ2n) is 32.7. The molecule has 0 radical (unpaired) electrons. The third kappa shape index (κ3) is 80.1. The lowest BCUT2D eigenvalue weighted by Gasteiger charge is -2.21. The predicted octanol–water partition coefficient (Wildman–Crippen LogP) is 26.5. The Hall–Kier alpha value is -1.94. The van der Waals surface area contributed by atoms with E-state index in [1.807, 2.05) is 0 Å². The number of phosphoric ester groups is 2. The van der Waals surface area contributed by atoms with E-state index in [-0.39, 0.29) is 25.7 Å². The lowest BCUT2D eigenvalue weighted by Crippen LogP contribution is -2.30. The highest BCUT2D eigenvalue weighted by Gasteiger charge is 2.30. The van der Waals surface area contributed by atoms with Gasteiger partial charge in [-0.15, -0.1) is 0 Å². The highest BCUT2D eigenvalue weighted by atomic mass is 31.2. The summed E-state index contributed by atoms with van der Waals surface area (Å²) in [6.45, 7) is 12.0. The highest BCUT2D eigenvalue weighted by molar-refractivity contribution is 7.47. The van der Waals surface area contributed by atoms with Crippen molar-refractivity contribution in [1.29, 1.82) is 0 Å². The van der Waals surface area contributed by atoms with Crippen LogP contribution in [-0.4, -0.2) is 96.7 Å². The molecular weight excluding hydrogens is 1380 g/mol. The molecule has 0 aromatic heterocycles. The molecule has 19 heteroatoms. The first-order valence-corrected chi connectivity index (χ1v) is 47.8. The molecule has 0 amide bonds. The monoisotopic (exact) mass is 1550 g/mol. The van der Waals surface area contributed by atoms with Gasteiger partial charge in [-0.1, -0.05) is 408 Å². The average molecular weight is 1550 g/mol. The molecular formula is C87H170O17P2. The van der Waals surface area contributed by atoms with Crippen LogP contribution in [0.3, 0.4) is 0 Å². The van der Waals surface area contributed by atoms with Crippen LogP contribution in [-0.2, 0) is 65.4 Å². The Morgan fingerprint density at radius 3 is 0.642 bits per heavy atom. The SMILES string of the molecule is CCCCCCCCCCCCCCCCCCCCC(=O)O[C@H](COC(=O)CCCCCCCCCC(C)C)COP(=O)(O)OC[C@H](O)COP(=O)(O)OC[C@@H](COC(=O)CCCCCCCCCCCCCCCCCCC(C)C)OC(=O)CCCCCCCCCCCCCCCCCCC(C)C. The van der Waals surface area contributed by atoms with Crippen molar-refractivity contribution in [2.45, 2.75) is 478 Å². The van der Waals surface area contributed by atoms with Crippen LogP contribution in [0.15, 0.2) is 0 Å². The van der Waals surface area contributed by atoms with E-state index >= 15 is 0 Å². The summed E-state index contributed by atoms with van der Waals surface area (Å²) in [7, 11) is -9.93. The second kappa shape index (κ2) is 77.0. The molecule has 5 atom stereocenters. The second-order valence-corrected chi connectivity index (χ2v) is 35.6. The minimum absolute atomic E-state index is 0.108. The van der Waals surface area contributed by atoms with Gasteiger partial charge in [0.15, 0.2) is 12.2 Å². The van der Waals surface area contributed by atoms with Crippen LogP contribution in [0.4, 0.5) is 0 Å². The first-order chi connectivity index (χ1) is 51.2. The van der Waals surface area contributed by atoms with E-state index in [4.69, 9.17) is 37.0 Å². The van der Waals surface area contributed by atoms with Gasteiger partial charge in [0.05, 0.1) is 26.4 Å². The Morgan fingerprint density at radius 2 is 0.434 bits per heavy atom. The van der Waals surface area contributed by atoms with E-state index in [2.05, 4.69) is 48.5 Å². The van der Waals surface area contributed by atoms with Crippen LogP contribution < -0.4 is 0 Å². The van der Waals surface area contributed by atoms with Gasteiger partial charge >= 0.3 is 39.5 Å². The molecule has 17 nitrogen and oxygen atoms in total. The van der Waals surface area contributed by atoms with E-state index in [1.54, 1.807) is 0 Å². The molecule has 0 rings (SSSR count). The van der Waals surface area contributed by atoms with Gasteiger partial charge in [-0.3, -0.25) is 37.3 Å². The lowest BCUT2D eigenvalue weighted by molar-refractivity contribution is -0.161. The third-order valence-electron chi connectivity index (χ3n) is 20.4. The maximum Gasteiger partial charge on any atom is 0.472 e. The normalized spacial score (nSPS) is 13.9. The van der Waals surface area contributed by atoms with Gasteiger partial charge in [0.2, 0.25) is 0 Å². The number of ether oxygens (including phenoxy) is 4. The molecule has 0 bridgehead atoms. The fourth-order valence-electron chi connectivity index (χ4n) is 13.5. The first kappa shape index (κ1) is 104. The zero-order chi connectivity index (χ0) is 77.9. The fraction of sp³-hybridized carbons (Fsp3) is 0.954. The summed E-state index contributed by atoms with van der Waals surface area (Å²) in [5.74, 6) is 0.223. The zero-order valence-corrected chi connectivity index (χ0v) is 71.7. The molecule has 630 valence electrons. The van der Waals surface area contributed by atoms with Gasteiger partial charge in [-0.05, 0) is 43.4 Å². The Morgan fingerprint density at radius 1 is 0.255 bits per heavy atom. The molecule has 0 aromatic carbocycles. The van der Waals surface area contributed by atoms with E-state index in [0.29, 0.717) is 31.6 Å². The molecule has 106 heavy (non-hydrogen) atoms. The van der Waals surface area contributed by atoms with Gasteiger partial charge in [-0.2, -0.15) is 0 Å². The van der Waals surface area contributed by atoms with Crippen LogP contribution >= 0.6 is 15.6 Å². The molecule has 0 aliphatic carbocycles. The molecule has 0 aromatic rings. The lowest BCUT2D eigenvalue weighted by atomic mass is 10.0. The van der Waals surface area contributed by atoms with Gasteiger partial charge < -0.3 is 33.8 Å². The minimum Gasteiger partial charge on any atom is -0.462 e. The van der Waals surface area contributed by atoms with Crippen LogP contribution in [0.25, 0.3) is 0 Å². The molecule has 0 saturated carbocycles. The van der Waals surface area contributed by atoms with Crippen molar-refractivity contribution in [2.75, 3.05) is 39.6 Å². The Balaban J connectivity index is 5.23. The van der Waals surface area contributed by atoms with Crippen molar-refractivity contribution in [1.82, 2.24) is 0 Å². The van der Waals surface area contributed by atoms with Crippen molar-refractivity contribution in [3.8, 4) is 0 Å². The Bertz CT molecular complexity index is 2040. The number of hydrogen-bond acceptors (Lipinski definition) is 15. The number of phosphoric acid groups is 2. The largest absolute Gasteiger partial charge is 0.472 e. The Kier molecular flexibility index (Phi) is 75.6. The van der Waals surface area contributed by atoms with Gasteiger partial charge in [0, 0.05) is 25.7 Å². The van der Waals surface area contributed by atoms with Crippen LogP contribution in [0.2, 0.25) is 0 Å². The summed E-state index contributed by atoms with van der Waals surface area (Å²) in [6.07, 6.45) is 68.1. The summed E-state index contributed by atoms with van der Waals surface area (Å²) < 4.78 is 68.9. The molecule has 3 N–H and O–H groups in total. The van der Waals surface area contributed by atoms with E-state index < -0.39 is 97.5 Å². The summed E-state index contributed by atoms with van der Waals surface area (Å²) in [6, 6.07) is 0. The topological polar surface area (TPSA) is 237 Å². The number of carbonyl (C=O) groups is 4. The molecule has 0 spiro atoms. The van der Waals surface area contributed by atoms with E-state index in [9.17, 15) is 43.2 Å². The number of unbranched alkanes of at least 4 members (excludes halogenated alkanes) is 53. The van der Waals surface area contributed by atoms with Crippen molar-refractivity contribution < 1.29 is 80.2 Å². The fourth-order valence-corrected chi connectivity index (χ4v) is 15.1. The van der Waals surface area contributed by atoms with E-state index in [0.717, 1.165) is 108 Å². The van der Waals surface area contributed by atoms with Crippen molar-refractivity contribution in [3.05, 3.63) is 0 Å². The standard InChI is InChI=1S/C87H170O17P2/c1-8-9-10-11-12-13-14-15-16-17-18-26-31-36-41-48-56-63-71-87(92)104-83(75-98-85(90)69-62-55-50-43-46-53-60-67-80(6)7)77-102-106(95,96)100-73-81(88)72-99-105(93,94)101-76-82(103-86(91)70-64-57-49-42-37-32-27-22-20-24-29-34-39-45-52-59-66-79(4)5)74-97-84(89)68-61-54-47-40-35-30-25-21-19-23-28-33-38-44-51-58-65-78(2)3/h78-83,88H,8-77H2,1-7H3,(H,93,94)(H,95,96)/t81-,82-,83-/m1/s1. The van der Waals surface area contributed by atoms with Gasteiger partial charge in [0.1, 0.15) is 19.3 Å². The predicted molar refractivity (Wildman–Crippen MR) is 437 cm³/mol. The summed E-state index contributed by atoms with van der Waals surface area (Å²) in [5, 5.41) is 10.7. The smallest absolute Gasteiger partial charge is 0.462 e. The molecule has 0 aliphatic heterocycles. The number of aliphatic hydroxyl groups is 1. The summed E-state index contributed by atoms with van der Waals surface area (Å²) in [5.41, 5.74) is 0. The number of aliphatic hydroxyl groups excluding tert-OH is 1. The van der Waals surface area contributed by atoms with Gasteiger partial charge in [-0.25, -0.2) is 9.13 Å². The minimum atomic E-state index is -4.97. The number of hydrogen-bond donors (Lipinski definition) is 3. The Labute approximate surface area is 651 Å². The van der Waals surface area contributed by atoms with Crippen LogP contribution in [0.5, 0.6) is 0 Å². The van der Waals surface area contributed by atoms with Crippen molar-refractivity contribution >= 4 is 39.5 Å². The third-order valence-corrected chi connectivity index (χ3v) is 22.3. The number of esters is 4. The molecule has 0 fully saturated rings. The van der Waals surface area contributed by atoms with Crippen LogP contribution in [0.1, 0.15) is 459 Å². The molecule has 0 saturated heterocycles. The average Bonchev–Trinajstić information content (AvgIpc) is 0.903. The van der Waals surface area contributed by atoms with Crippen LogP contribution in [0, 0.1) is 17.8 Å². The quantitative estimate of drug-likeness (QED) is 0.0222. The maximum absolute atomic E-state index is 13.2. The first-order valence-electron chi connectivity index (χ1n) is 44.8.